The molecule has 0 aliphatic carbocycles. The quantitative estimate of drug-likeness (QED) is 0.860. The summed E-state index contributed by atoms with van der Waals surface area (Å²) >= 11 is 0. The number of hydrogen-bond acceptors (Lipinski definition) is 4. The van der Waals surface area contributed by atoms with Crippen LogP contribution in [0.2, 0.25) is 0 Å². The minimum absolute atomic E-state index is 0.257. The monoisotopic (exact) mass is 232 g/mol. The van der Waals surface area contributed by atoms with E-state index in [2.05, 4.69) is 17.2 Å². The first-order valence-corrected chi connectivity index (χ1v) is 5.54. The molecule has 1 N–H and O–H groups in total. The number of furan rings is 1. The fraction of sp³-hybridized carbons (Fsp3) is 0.308. The fourth-order valence-corrected chi connectivity index (χ4v) is 1.58. The molecule has 0 aliphatic heterocycles. The molecular formula is C13H16N2O2. The molecule has 4 heteroatoms. The number of methoxy groups -OCH3 is 1. The predicted octanol–water partition coefficient (Wildman–Crippen LogP) is 2.53. The molecule has 17 heavy (non-hydrogen) atoms. The van der Waals surface area contributed by atoms with Crippen molar-refractivity contribution >= 4 is 0 Å². The highest BCUT2D eigenvalue weighted by atomic mass is 16.5. The van der Waals surface area contributed by atoms with Crippen LogP contribution in [0.25, 0.3) is 0 Å². The lowest BCUT2D eigenvalue weighted by Gasteiger charge is -2.12. The zero-order valence-corrected chi connectivity index (χ0v) is 10.0. The van der Waals surface area contributed by atoms with E-state index in [-0.39, 0.29) is 6.04 Å². The van der Waals surface area contributed by atoms with Crippen LogP contribution in [0.15, 0.2) is 41.3 Å². The molecule has 0 amide bonds. The van der Waals surface area contributed by atoms with Crippen molar-refractivity contribution < 1.29 is 9.15 Å². The Balaban J connectivity index is 1.93. The molecule has 2 rings (SSSR count). The van der Waals surface area contributed by atoms with Crippen LogP contribution in [0.5, 0.6) is 5.88 Å². The summed E-state index contributed by atoms with van der Waals surface area (Å²) in [5.74, 6) is 0.639. The number of hydrogen-bond donors (Lipinski definition) is 1. The van der Waals surface area contributed by atoms with E-state index in [9.17, 15) is 0 Å². The van der Waals surface area contributed by atoms with Crippen LogP contribution in [0, 0.1) is 0 Å². The Labute approximate surface area is 101 Å². The lowest BCUT2D eigenvalue weighted by atomic mass is 10.1. The number of rotatable bonds is 5. The standard InChI is InChI=1S/C13H16N2O2/c1-10(12-4-6-17-9-12)15-8-11-3-5-14-13(7-11)16-2/h3-7,9-10,15H,8H2,1-2H3. The molecule has 2 aromatic rings. The maximum atomic E-state index is 5.08. The van der Waals surface area contributed by atoms with Gasteiger partial charge in [-0.05, 0) is 24.6 Å². The van der Waals surface area contributed by atoms with Gasteiger partial charge in [0.05, 0.1) is 19.6 Å². The molecule has 0 fully saturated rings. The lowest BCUT2D eigenvalue weighted by molar-refractivity contribution is 0.397. The van der Waals surface area contributed by atoms with Gasteiger partial charge in [-0.25, -0.2) is 4.98 Å². The molecule has 0 aliphatic rings. The molecule has 0 saturated carbocycles. The maximum absolute atomic E-state index is 5.08. The number of nitrogens with zero attached hydrogens (tertiary/aromatic N) is 1. The van der Waals surface area contributed by atoms with Crippen LogP contribution in [0.4, 0.5) is 0 Å². The van der Waals surface area contributed by atoms with E-state index < -0.39 is 0 Å². The Morgan fingerprint density at radius 2 is 2.35 bits per heavy atom. The Kier molecular flexibility index (Phi) is 3.77. The average molecular weight is 232 g/mol. The summed E-state index contributed by atoms with van der Waals surface area (Å²) in [7, 11) is 1.62. The molecule has 0 bridgehead atoms. The molecule has 90 valence electrons. The van der Waals surface area contributed by atoms with Gasteiger partial charge in [0.25, 0.3) is 0 Å². The van der Waals surface area contributed by atoms with Crippen LogP contribution < -0.4 is 10.1 Å². The molecule has 1 unspecified atom stereocenters. The zero-order valence-electron chi connectivity index (χ0n) is 10.0. The van der Waals surface area contributed by atoms with Gasteiger partial charge in [-0.3, -0.25) is 0 Å². The summed E-state index contributed by atoms with van der Waals surface area (Å²) in [5, 5.41) is 3.41. The van der Waals surface area contributed by atoms with Gasteiger partial charge in [0, 0.05) is 30.4 Å². The summed E-state index contributed by atoms with van der Waals surface area (Å²) in [4.78, 5) is 4.07. The maximum Gasteiger partial charge on any atom is 0.213 e. The summed E-state index contributed by atoms with van der Waals surface area (Å²) in [6.07, 6.45) is 5.19. The Morgan fingerprint density at radius 3 is 3.06 bits per heavy atom. The van der Waals surface area contributed by atoms with Crippen LogP contribution >= 0.6 is 0 Å². The van der Waals surface area contributed by atoms with E-state index in [4.69, 9.17) is 9.15 Å². The van der Waals surface area contributed by atoms with Crippen molar-refractivity contribution in [2.75, 3.05) is 7.11 Å². The molecule has 1 atom stereocenters. The smallest absolute Gasteiger partial charge is 0.213 e. The molecule has 2 aromatic heterocycles. The number of ether oxygens (including phenoxy) is 1. The summed E-state index contributed by atoms with van der Waals surface area (Å²) in [6, 6.07) is 6.12. The van der Waals surface area contributed by atoms with Gasteiger partial charge in [-0.2, -0.15) is 0 Å². The topological polar surface area (TPSA) is 47.3 Å². The third-order valence-electron chi connectivity index (χ3n) is 2.66. The minimum Gasteiger partial charge on any atom is -0.481 e. The molecule has 2 heterocycles. The average Bonchev–Trinajstić information content (AvgIpc) is 2.90. The van der Waals surface area contributed by atoms with Gasteiger partial charge in [-0.15, -0.1) is 0 Å². The highest BCUT2D eigenvalue weighted by Gasteiger charge is 2.06. The number of pyridine rings is 1. The molecule has 0 radical (unpaired) electrons. The largest absolute Gasteiger partial charge is 0.481 e. The van der Waals surface area contributed by atoms with Crippen molar-refractivity contribution in [2.45, 2.75) is 19.5 Å². The van der Waals surface area contributed by atoms with Crippen LogP contribution in [0.1, 0.15) is 24.1 Å². The van der Waals surface area contributed by atoms with Crippen molar-refractivity contribution in [3.63, 3.8) is 0 Å². The van der Waals surface area contributed by atoms with Crippen molar-refractivity contribution in [1.82, 2.24) is 10.3 Å². The second-order valence-electron chi connectivity index (χ2n) is 3.87. The normalized spacial score (nSPS) is 12.4. The molecule has 4 nitrogen and oxygen atoms in total. The summed E-state index contributed by atoms with van der Waals surface area (Å²) in [5.41, 5.74) is 2.29. The molecule has 0 aromatic carbocycles. The van der Waals surface area contributed by atoms with Crippen LogP contribution in [-0.2, 0) is 6.54 Å². The highest BCUT2D eigenvalue weighted by Crippen LogP contribution is 2.14. The van der Waals surface area contributed by atoms with Gasteiger partial charge in [0.15, 0.2) is 0 Å². The van der Waals surface area contributed by atoms with Crippen LogP contribution in [-0.4, -0.2) is 12.1 Å². The van der Waals surface area contributed by atoms with Gasteiger partial charge in [0.1, 0.15) is 0 Å². The third kappa shape index (κ3) is 3.07. The van der Waals surface area contributed by atoms with Gasteiger partial charge >= 0.3 is 0 Å². The minimum atomic E-state index is 0.257. The molecule has 0 spiro atoms. The van der Waals surface area contributed by atoms with E-state index in [0.29, 0.717) is 5.88 Å². The first-order valence-electron chi connectivity index (χ1n) is 5.54. The summed E-state index contributed by atoms with van der Waals surface area (Å²) in [6.45, 7) is 2.87. The van der Waals surface area contributed by atoms with E-state index >= 15 is 0 Å². The van der Waals surface area contributed by atoms with E-state index in [0.717, 1.165) is 17.7 Å². The van der Waals surface area contributed by atoms with Gasteiger partial charge in [-0.1, -0.05) is 0 Å². The lowest BCUT2D eigenvalue weighted by Crippen LogP contribution is -2.17. The second-order valence-corrected chi connectivity index (χ2v) is 3.87. The molecule has 0 saturated heterocycles. The predicted molar refractivity (Wildman–Crippen MR) is 64.8 cm³/mol. The number of aromatic nitrogens is 1. The fourth-order valence-electron chi connectivity index (χ4n) is 1.58. The van der Waals surface area contributed by atoms with Crippen molar-refractivity contribution in [3.05, 3.63) is 48.0 Å². The van der Waals surface area contributed by atoms with Crippen LogP contribution in [0.3, 0.4) is 0 Å². The van der Waals surface area contributed by atoms with Gasteiger partial charge in [0.2, 0.25) is 5.88 Å². The van der Waals surface area contributed by atoms with Crippen molar-refractivity contribution in [3.8, 4) is 5.88 Å². The van der Waals surface area contributed by atoms with Crippen molar-refractivity contribution in [2.24, 2.45) is 0 Å². The SMILES string of the molecule is COc1cc(CNC(C)c2ccoc2)ccn1. The Morgan fingerprint density at radius 1 is 1.47 bits per heavy atom. The van der Waals surface area contributed by atoms with Crippen molar-refractivity contribution in [1.29, 1.82) is 0 Å². The zero-order chi connectivity index (χ0) is 12.1. The Hall–Kier alpha value is -1.81. The van der Waals surface area contributed by atoms with E-state index in [1.807, 2.05) is 18.2 Å². The third-order valence-corrected chi connectivity index (χ3v) is 2.66. The second kappa shape index (κ2) is 5.50. The molecular weight excluding hydrogens is 216 g/mol. The summed E-state index contributed by atoms with van der Waals surface area (Å²) < 4.78 is 10.1. The van der Waals surface area contributed by atoms with E-state index in [1.165, 1.54) is 0 Å². The number of nitrogens with one attached hydrogen (secondary N) is 1. The van der Waals surface area contributed by atoms with E-state index in [1.54, 1.807) is 25.8 Å². The first-order chi connectivity index (χ1) is 8.29. The highest BCUT2D eigenvalue weighted by molar-refractivity contribution is 5.20. The first kappa shape index (κ1) is 11.7. The Bertz CT molecular complexity index is 454. The van der Waals surface area contributed by atoms with Gasteiger partial charge < -0.3 is 14.5 Å².